The average molecular weight is 241 g/mol. The van der Waals surface area contributed by atoms with E-state index in [0.717, 1.165) is 17.2 Å². The van der Waals surface area contributed by atoms with E-state index in [0.29, 0.717) is 6.54 Å². The fraction of sp³-hybridized carbons (Fsp3) is 0.0667. The molecule has 2 aromatic carbocycles. The van der Waals surface area contributed by atoms with Gasteiger partial charge >= 0.3 is 0 Å². The molecule has 0 aliphatic heterocycles. The summed E-state index contributed by atoms with van der Waals surface area (Å²) in [6, 6.07) is 17.1. The summed E-state index contributed by atoms with van der Waals surface area (Å²) in [5.41, 5.74) is 5.32. The number of hydrogen-bond donors (Lipinski definition) is 1. The molecular formula is C15H15NO2. The SMILES string of the molecule is NCC=COc1ccc(Oc2ccccc2)cc1. The van der Waals surface area contributed by atoms with Crippen molar-refractivity contribution in [3.8, 4) is 17.2 Å². The maximum Gasteiger partial charge on any atom is 0.127 e. The molecule has 92 valence electrons. The summed E-state index contributed by atoms with van der Waals surface area (Å²) in [6.45, 7) is 0.467. The van der Waals surface area contributed by atoms with Gasteiger partial charge in [-0.05, 0) is 42.5 Å². The van der Waals surface area contributed by atoms with Crippen LogP contribution in [0.1, 0.15) is 0 Å². The molecule has 3 nitrogen and oxygen atoms in total. The van der Waals surface area contributed by atoms with Gasteiger partial charge < -0.3 is 15.2 Å². The highest BCUT2D eigenvalue weighted by Gasteiger charge is 1.97. The molecule has 0 saturated heterocycles. The predicted octanol–water partition coefficient (Wildman–Crippen LogP) is 3.33. The molecule has 0 aromatic heterocycles. The zero-order valence-corrected chi connectivity index (χ0v) is 9.95. The van der Waals surface area contributed by atoms with Gasteiger partial charge in [-0.25, -0.2) is 0 Å². The molecule has 0 heterocycles. The molecule has 0 atom stereocenters. The number of para-hydroxylation sites is 1. The Morgan fingerprint density at radius 1 is 0.833 bits per heavy atom. The van der Waals surface area contributed by atoms with E-state index in [1.54, 1.807) is 12.3 Å². The Balaban J connectivity index is 1.97. The zero-order valence-electron chi connectivity index (χ0n) is 9.95. The van der Waals surface area contributed by atoms with Gasteiger partial charge in [0.05, 0.1) is 6.26 Å². The summed E-state index contributed by atoms with van der Waals surface area (Å²) in [7, 11) is 0. The van der Waals surface area contributed by atoms with E-state index in [4.69, 9.17) is 15.2 Å². The van der Waals surface area contributed by atoms with Crippen LogP contribution in [0.15, 0.2) is 66.9 Å². The van der Waals surface area contributed by atoms with Gasteiger partial charge in [0, 0.05) is 6.54 Å². The van der Waals surface area contributed by atoms with Crippen molar-refractivity contribution in [1.29, 1.82) is 0 Å². The second-order valence-corrected chi connectivity index (χ2v) is 3.61. The number of rotatable bonds is 5. The molecule has 2 rings (SSSR count). The normalized spacial score (nSPS) is 10.5. The molecule has 0 fully saturated rings. The molecule has 0 aliphatic rings. The Labute approximate surface area is 106 Å². The minimum absolute atomic E-state index is 0.467. The second kappa shape index (κ2) is 6.47. The fourth-order valence-electron chi connectivity index (χ4n) is 1.39. The van der Waals surface area contributed by atoms with Gasteiger partial charge in [-0.2, -0.15) is 0 Å². The van der Waals surface area contributed by atoms with Crippen molar-refractivity contribution in [2.24, 2.45) is 5.73 Å². The Morgan fingerprint density at radius 3 is 2.11 bits per heavy atom. The number of ether oxygens (including phenoxy) is 2. The summed E-state index contributed by atoms with van der Waals surface area (Å²) >= 11 is 0. The Hall–Kier alpha value is -2.26. The van der Waals surface area contributed by atoms with Crippen molar-refractivity contribution in [3.63, 3.8) is 0 Å². The number of nitrogens with two attached hydrogens (primary N) is 1. The van der Waals surface area contributed by atoms with Crippen LogP contribution >= 0.6 is 0 Å². The second-order valence-electron chi connectivity index (χ2n) is 3.61. The first-order valence-corrected chi connectivity index (χ1v) is 5.73. The molecule has 0 radical (unpaired) electrons. The van der Waals surface area contributed by atoms with E-state index in [9.17, 15) is 0 Å². The van der Waals surface area contributed by atoms with Gasteiger partial charge in [0.25, 0.3) is 0 Å². The van der Waals surface area contributed by atoms with Crippen LogP contribution in [0.5, 0.6) is 17.2 Å². The molecular weight excluding hydrogens is 226 g/mol. The van der Waals surface area contributed by atoms with Gasteiger partial charge in [0.15, 0.2) is 0 Å². The first-order chi connectivity index (χ1) is 8.88. The van der Waals surface area contributed by atoms with E-state index in [1.165, 1.54) is 0 Å². The smallest absolute Gasteiger partial charge is 0.127 e. The highest BCUT2D eigenvalue weighted by atomic mass is 16.5. The van der Waals surface area contributed by atoms with Crippen LogP contribution in [0.3, 0.4) is 0 Å². The minimum atomic E-state index is 0.467. The van der Waals surface area contributed by atoms with Crippen LogP contribution in [-0.4, -0.2) is 6.54 Å². The first kappa shape index (κ1) is 12.2. The summed E-state index contributed by atoms with van der Waals surface area (Å²) in [4.78, 5) is 0. The van der Waals surface area contributed by atoms with Crippen LogP contribution in [0.2, 0.25) is 0 Å². The largest absolute Gasteiger partial charge is 0.465 e. The fourth-order valence-corrected chi connectivity index (χ4v) is 1.39. The minimum Gasteiger partial charge on any atom is -0.465 e. The van der Waals surface area contributed by atoms with Gasteiger partial charge in [0.2, 0.25) is 0 Å². The lowest BCUT2D eigenvalue weighted by molar-refractivity contribution is 0.468. The predicted molar refractivity (Wildman–Crippen MR) is 71.8 cm³/mol. The first-order valence-electron chi connectivity index (χ1n) is 5.73. The van der Waals surface area contributed by atoms with Gasteiger partial charge in [-0.15, -0.1) is 0 Å². The van der Waals surface area contributed by atoms with Gasteiger partial charge in [-0.3, -0.25) is 0 Å². The molecule has 0 unspecified atom stereocenters. The maximum atomic E-state index is 5.67. The lowest BCUT2D eigenvalue weighted by Gasteiger charge is -2.06. The lowest BCUT2D eigenvalue weighted by Crippen LogP contribution is -1.93. The van der Waals surface area contributed by atoms with E-state index in [-0.39, 0.29) is 0 Å². The van der Waals surface area contributed by atoms with Crippen molar-refractivity contribution in [3.05, 3.63) is 66.9 Å². The van der Waals surface area contributed by atoms with Crippen LogP contribution in [0.25, 0.3) is 0 Å². The van der Waals surface area contributed by atoms with Crippen LogP contribution < -0.4 is 15.2 Å². The van der Waals surface area contributed by atoms with Gasteiger partial charge in [0.1, 0.15) is 17.2 Å². The quantitative estimate of drug-likeness (QED) is 0.816. The molecule has 0 aliphatic carbocycles. The third kappa shape index (κ3) is 3.64. The van der Waals surface area contributed by atoms with Crippen molar-refractivity contribution < 1.29 is 9.47 Å². The highest BCUT2D eigenvalue weighted by Crippen LogP contribution is 2.23. The Kier molecular flexibility index (Phi) is 4.39. The monoisotopic (exact) mass is 241 g/mol. The molecule has 2 N–H and O–H groups in total. The van der Waals surface area contributed by atoms with Crippen molar-refractivity contribution in [1.82, 2.24) is 0 Å². The molecule has 0 saturated carbocycles. The Bertz CT molecular complexity index is 492. The molecule has 0 amide bonds. The number of hydrogen-bond acceptors (Lipinski definition) is 3. The van der Waals surface area contributed by atoms with E-state index >= 15 is 0 Å². The average Bonchev–Trinajstić information content (AvgIpc) is 2.42. The molecule has 0 bridgehead atoms. The Morgan fingerprint density at radius 2 is 1.44 bits per heavy atom. The third-order valence-corrected chi connectivity index (χ3v) is 2.24. The standard InChI is InChI=1S/C15H15NO2/c16-11-4-12-17-13-7-9-15(10-8-13)18-14-5-2-1-3-6-14/h1-10,12H,11,16H2. The topological polar surface area (TPSA) is 44.5 Å². The highest BCUT2D eigenvalue weighted by molar-refractivity contribution is 5.35. The molecule has 2 aromatic rings. The molecule has 18 heavy (non-hydrogen) atoms. The van der Waals surface area contributed by atoms with E-state index in [1.807, 2.05) is 54.6 Å². The third-order valence-electron chi connectivity index (χ3n) is 2.24. The van der Waals surface area contributed by atoms with E-state index in [2.05, 4.69) is 0 Å². The van der Waals surface area contributed by atoms with Crippen molar-refractivity contribution >= 4 is 0 Å². The summed E-state index contributed by atoms with van der Waals surface area (Å²) in [5.74, 6) is 2.34. The van der Waals surface area contributed by atoms with Crippen LogP contribution in [0.4, 0.5) is 0 Å². The van der Waals surface area contributed by atoms with Crippen molar-refractivity contribution in [2.75, 3.05) is 6.54 Å². The molecule has 3 heteroatoms. The lowest BCUT2D eigenvalue weighted by atomic mass is 10.3. The summed E-state index contributed by atoms with van der Waals surface area (Å²) in [6.07, 6.45) is 3.32. The van der Waals surface area contributed by atoms with Gasteiger partial charge in [-0.1, -0.05) is 18.2 Å². The summed E-state index contributed by atoms with van der Waals surface area (Å²) < 4.78 is 11.0. The van der Waals surface area contributed by atoms with Crippen LogP contribution in [0, 0.1) is 0 Å². The zero-order chi connectivity index (χ0) is 12.6. The van der Waals surface area contributed by atoms with E-state index < -0.39 is 0 Å². The van der Waals surface area contributed by atoms with Crippen LogP contribution in [-0.2, 0) is 0 Å². The summed E-state index contributed by atoms with van der Waals surface area (Å²) in [5, 5.41) is 0. The molecule has 0 spiro atoms. The maximum absolute atomic E-state index is 5.67. The number of benzene rings is 2. The van der Waals surface area contributed by atoms with Crippen molar-refractivity contribution in [2.45, 2.75) is 0 Å².